The van der Waals surface area contributed by atoms with Gasteiger partial charge in [-0.25, -0.2) is 10.2 Å². The molecule has 88 valence electrons. The van der Waals surface area contributed by atoms with Crippen molar-refractivity contribution in [3.05, 3.63) is 0 Å². The maximum Gasteiger partial charge on any atom is 0.231 e. The van der Waals surface area contributed by atoms with E-state index >= 15 is 0 Å². The molecule has 0 radical (unpaired) electrons. The van der Waals surface area contributed by atoms with Crippen LogP contribution in [-0.2, 0) is 14.4 Å². The van der Waals surface area contributed by atoms with Crippen molar-refractivity contribution in [2.45, 2.75) is 44.6 Å². The van der Waals surface area contributed by atoms with E-state index in [1.54, 1.807) is 0 Å². The van der Waals surface area contributed by atoms with Gasteiger partial charge in [0.25, 0.3) is 0 Å². The van der Waals surface area contributed by atoms with Crippen LogP contribution < -0.4 is 0 Å². The van der Waals surface area contributed by atoms with E-state index in [9.17, 15) is 0 Å². The van der Waals surface area contributed by atoms with Crippen LogP contribution in [0.1, 0.15) is 44.6 Å². The molecule has 0 unspecified atom stereocenters. The van der Waals surface area contributed by atoms with Gasteiger partial charge in [0, 0.05) is 0 Å². The summed E-state index contributed by atoms with van der Waals surface area (Å²) in [5.41, 5.74) is 0. The van der Waals surface area contributed by atoms with Gasteiger partial charge >= 0.3 is 0 Å². The summed E-state index contributed by atoms with van der Waals surface area (Å²) in [5, 5.41) is 5.40. The molecule has 0 rings (SSSR count). The van der Waals surface area contributed by atoms with Gasteiger partial charge in [-0.1, -0.05) is 44.6 Å². The van der Waals surface area contributed by atoms with Gasteiger partial charge in [-0.2, -0.15) is 0 Å². The standard InChI is InChI=1S/CHNO.2CH2O.6CH4/c2-1-3;2*1-2;;;;;;/h2H;2*1H2;6*1H4. The van der Waals surface area contributed by atoms with E-state index in [1.807, 2.05) is 13.6 Å². The first kappa shape index (κ1) is 182. The van der Waals surface area contributed by atoms with E-state index in [0.717, 1.165) is 6.08 Å². The van der Waals surface area contributed by atoms with E-state index in [1.165, 1.54) is 0 Å². The lowest BCUT2D eigenvalue weighted by Gasteiger charge is -1.02. The third-order valence-corrected chi connectivity index (χ3v) is 0. The number of rotatable bonds is 0. The predicted octanol–water partition coefficient (Wildman–Crippen LogP) is 3.35. The van der Waals surface area contributed by atoms with Crippen LogP contribution in [0.4, 0.5) is 0 Å². The van der Waals surface area contributed by atoms with Gasteiger partial charge in [0.2, 0.25) is 6.08 Å². The highest BCUT2D eigenvalue weighted by Crippen LogP contribution is 0.868. The number of hydrogen-bond acceptors (Lipinski definition) is 4. The zero-order valence-corrected chi connectivity index (χ0v) is 3.64. The summed E-state index contributed by atoms with van der Waals surface area (Å²) in [6.07, 6.45) is 0.750. The Labute approximate surface area is 84.9 Å². The third kappa shape index (κ3) is 498. The number of nitrogens with one attached hydrogen (secondary N) is 1. The summed E-state index contributed by atoms with van der Waals surface area (Å²) >= 11 is 0. The Morgan fingerprint density at radius 3 is 0.692 bits per heavy atom. The molecule has 0 saturated heterocycles. The smallest absolute Gasteiger partial charge is 0.231 e. The predicted molar refractivity (Wildman–Crippen MR) is 63.0 cm³/mol. The maximum absolute atomic E-state index is 8.35. The zero-order chi connectivity index (χ0) is 6.71. The number of carbonyl (C=O) groups excluding carboxylic acids is 3. The Hall–Kier alpha value is -1.28. The average molecular weight is 199 g/mol. The molecule has 0 fully saturated rings. The zero-order valence-electron chi connectivity index (χ0n) is 3.64. The van der Waals surface area contributed by atoms with Crippen molar-refractivity contribution in [1.29, 1.82) is 5.41 Å². The molecule has 0 aromatic rings. The van der Waals surface area contributed by atoms with Crippen molar-refractivity contribution in [2.24, 2.45) is 0 Å². The maximum atomic E-state index is 8.35. The molecular weight excluding hydrogens is 170 g/mol. The summed E-state index contributed by atoms with van der Waals surface area (Å²) in [4.78, 5) is 24.3. The number of hydrogen-bond donors (Lipinski definition) is 1. The molecule has 0 bridgehead atoms. The van der Waals surface area contributed by atoms with Gasteiger partial charge in [-0.15, -0.1) is 0 Å². The molecule has 0 aromatic heterocycles. The van der Waals surface area contributed by atoms with Crippen LogP contribution in [0.25, 0.3) is 0 Å². The number of carbonyl (C=O) groups is 2. The molecule has 0 atom stereocenters. The minimum absolute atomic E-state index is 0. The van der Waals surface area contributed by atoms with Crippen LogP contribution in [0.2, 0.25) is 0 Å². The van der Waals surface area contributed by atoms with E-state index in [0.29, 0.717) is 0 Å². The van der Waals surface area contributed by atoms with Crippen molar-refractivity contribution in [1.82, 2.24) is 0 Å². The Balaban J connectivity index is -0.00000000218. The molecule has 0 aromatic carbocycles. The molecule has 1 N–H and O–H groups in total. The largest absolute Gasteiger partial charge is 0.307 e. The molecule has 0 amide bonds. The summed E-state index contributed by atoms with van der Waals surface area (Å²) in [5.74, 6) is 0. The fourth-order valence-corrected chi connectivity index (χ4v) is 0. The van der Waals surface area contributed by atoms with Crippen molar-refractivity contribution >= 4 is 19.7 Å². The molecule has 0 aliphatic rings. The number of isocyanates is 1. The van der Waals surface area contributed by atoms with E-state index in [4.69, 9.17) is 19.8 Å². The monoisotopic (exact) mass is 199 g/mol. The third-order valence-electron chi connectivity index (χ3n) is 0. The lowest BCUT2D eigenvalue weighted by Crippen LogP contribution is -1.16. The second kappa shape index (κ2) is 12900. The fraction of sp³-hybridized carbons (Fsp3) is 0.667. The summed E-state index contributed by atoms with van der Waals surface area (Å²) < 4.78 is 0. The summed E-state index contributed by atoms with van der Waals surface area (Å²) in [6.45, 7) is 4.00. The van der Waals surface area contributed by atoms with E-state index in [2.05, 4.69) is 0 Å². The minimum Gasteiger partial charge on any atom is -0.307 e. The van der Waals surface area contributed by atoms with Crippen LogP contribution >= 0.6 is 0 Å². The molecule has 0 saturated carbocycles. The van der Waals surface area contributed by atoms with Crippen molar-refractivity contribution < 1.29 is 14.4 Å². The summed E-state index contributed by atoms with van der Waals surface area (Å²) in [6, 6.07) is 0. The highest BCUT2D eigenvalue weighted by Gasteiger charge is 1.03. The van der Waals surface area contributed by atoms with E-state index in [-0.39, 0.29) is 44.6 Å². The molecular formula is C9H29NO3. The van der Waals surface area contributed by atoms with Crippen LogP contribution in [0.15, 0.2) is 0 Å². The molecule has 0 spiro atoms. The van der Waals surface area contributed by atoms with Gasteiger partial charge in [0.15, 0.2) is 0 Å². The lowest BCUT2D eigenvalue weighted by molar-refractivity contribution is -0.0987. The quantitative estimate of drug-likeness (QED) is 0.480. The SMILES string of the molecule is C.C.C.C.C.C.C=O.C=O.N=C=O. The normalized spacial score (nSPS) is 1.23. The van der Waals surface area contributed by atoms with Crippen LogP contribution in [0.5, 0.6) is 0 Å². The fourth-order valence-electron chi connectivity index (χ4n) is 0. The minimum atomic E-state index is 0. The topological polar surface area (TPSA) is 75.1 Å². The van der Waals surface area contributed by atoms with Crippen LogP contribution in [-0.4, -0.2) is 19.7 Å². The Morgan fingerprint density at radius 1 is 0.692 bits per heavy atom. The molecule has 4 nitrogen and oxygen atoms in total. The van der Waals surface area contributed by atoms with Crippen molar-refractivity contribution in [3.63, 3.8) is 0 Å². The van der Waals surface area contributed by atoms with Gasteiger partial charge in [-0.3, -0.25) is 0 Å². The first-order chi connectivity index (χ1) is 3.41. The molecule has 0 aliphatic carbocycles. The van der Waals surface area contributed by atoms with Crippen LogP contribution in [0.3, 0.4) is 0 Å². The lowest BCUT2D eigenvalue weighted by atomic mass is 11.7. The van der Waals surface area contributed by atoms with Gasteiger partial charge in [0.05, 0.1) is 0 Å². The molecule has 0 aliphatic heterocycles. The van der Waals surface area contributed by atoms with Crippen LogP contribution in [0, 0.1) is 5.41 Å². The summed E-state index contributed by atoms with van der Waals surface area (Å²) in [7, 11) is 0. The van der Waals surface area contributed by atoms with Gasteiger partial charge in [-0.05, 0) is 0 Å². The first-order valence-electron chi connectivity index (χ1n) is 1.03. The van der Waals surface area contributed by atoms with E-state index < -0.39 is 0 Å². The second-order valence-corrected chi connectivity index (χ2v) is 0.102. The molecule has 13 heavy (non-hydrogen) atoms. The molecule has 4 heteroatoms. The van der Waals surface area contributed by atoms with Gasteiger partial charge in [0.1, 0.15) is 13.6 Å². The van der Waals surface area contributed by atoms with Crippen molar-refractivity contribution in [3.8, 4) is 0 Å². The Morgan fingerprint density at radius 2 is 0.692 bits per heavy atom. The van der Waals surface area contributed by atoms with Gasteiger partial charge < -0.3 is 9.59 Å². The van der Waals surface area contributed by atoms with Crippen molar-refractivity contribution in [2.75, 3.05) is 0 Å². The Kier molecular flexibility index (Phi) is 181000. The average Bonchev–Trinajstić information content (AvgIpc) is 1.78. The molecule has 0 heterocycles. The highest BCUT2D eigenvalue weighted by molar-refractivity contribution is 5.26. The Bertz CT molecular complexity index is 50.8. The first-order valence-corrected chi connectivity index (χ1v) is 1.03. The highest BCUT2D eigenvalue weighted by atomic mass is 16.1. The second-order valence-electron chi connectivity index (χ2n) is 0.102.